The van der Waals surface area contributed by atoms with Gasteiger partial charge in [0.2, 0.25) is 29.5 Å². The number of hydrogen-bond acceptors (Lipinski definition) is 15. The molecule has 0 saturated heterocycles. The van der Waals surface area contributed by atoms with E-state index in [1.807, 2.05) is 55.7 Å². The maximum atomic E-state index is 15.5. The number of benzene rings is 3. The van der Waals surface area contributed by atoms with Gasteiger partial charge in [-0.15, -0.1) is 11.8 Å². The molecule has 7 N–H and O–H groups in total. The van der Waals surface area contributed by atoms with E-state index in [2.05, 4.69) is 21.3 Å². The Morgan fingerprint density at radius 1 is 0.729 bits per heavy atom. The zero-order valence-corrected chi connectivity index (χ0v) is 48.5. The first-order valence-electron chi connectivity index (χ1n) is 27.4. The van der Waals surface area contributed by atoms with Crippen molar-refractivity contribution in [3.63, 3.8) is 0 Å². The first-order chi connectivity index (χ1) is 40.7. The van der Waals surface area contributed by atoms with Crippen LogP contribution < -0.4 is 27.0 Å². The van der Waals surface area contributed by atoms with E-state index < -0.39 is 95.0 Å². The normalized spacial score (nSPS) is 13.2. The van der Waals surface area contributed by atoms with Gasteiger partial charge in [0.05, 0.1) is 71.1 Å². The zero-order chi connectivity index (χ0) is 61.7. The molecule has 460 valence electrons. The van der Waals surface area contributed by atoms with Gasteiger partial charge in [-0.1, -0.05) is 81.4 Å². The standard InChI is InChI=1S/C59H74F2N8O15S/c1-59(2,3)55(48-31-42(44-32-43(60)15-16-45(44)61)35-67(48)34-40-11-6-4-7-12-40)68(22-10-20-64-56(76)46(33-49(62)70)66-58(79)84-37-41-13-8-5-9-14-41)54(75)39-85-38-47(57(77)78)65-50(71)19-23-80-25-27-82-29-30-83-28-26-81-24-21-63-51(72)36-69-52(73)17-18-53(69)74/h4-9,11-18,31-32,35,46-47,55H,10,19-30,33-34,36-39H2,1-3H3,(H2,62,70)(H,63,72)(H,64,76)(H,65,71)(H,66,79)(H,77,78)/t46?,47-,55?/m0/s1. The number of halogens is 2. The topological polar surface area (TPSA) is 306 Å². The summed E-state index contributed by atoms with van der Waals surface area (Å²) in [7, 11) is 0. The van der Waals surface area contributed by atoms with Crippen LogP contribution in [0.25, 0.3) is 11.1 Å². The number of nitrogens with zero attached hydrogens (tertiary/aromatic N) is 3. The van der Waals surface area contributed by atoms with Crippen LogP contribution in [0.2, 0.25) is 0 Å². The summed E-state index contributed by atoms with van der Waals surface area (Å²) in [6, 6.07) is 19.4. The highest BCUT2D eigenvalue weighted by Gasteiger charge is 2.38. The summed E-state index contributed by atoms with van der Waals surface area (Å²) < 4.78 is 59.1. The first kappa shape index (κ1) is 67.7. The Morgan fingerprint density at radius 3 is 1.95 bits per heavy atom. The molecule has 4 aromatic rings. The molecule has 26 heteroatoms. The minimum atomic E-state index is -1.40. The third-order valence-electron chi connectivity index (χ3n) is 12.7. The maximum absolute atomic E-state index is 15.5. The summed E-state index contributed by atoms with van der Waals surface area (Å²) >= 11 is 0.970. The predicted molar refractivity (Wildman–Crippen MR) is 308 cm³/mol. The number of primary amides is 1. The lowest BCUT2D eigenvalue weighted by molar-refractivity contribution is -0.141. The van der Waals surface area contributed by atoms with Gasteiger partial charge < -0.3 is 65.3 Å². The highest BCUT2D eigenvalue weighted by Crippen LogP contribution is 2.41. The number of carbonyl (C=O) groups excluding carboxylic acids is 8. The smallest absolute Gasteiger partial charge is 0.408 e. The number of imide groups is 1. The van der Waals surface area contributed by atoms with Crippen molar-refractivity contribution in [1.29, 1.82) is 0 Å². The summed E-state index contributed by atoms with van der Waals surface area (Å²) in [5, 5.41) is 20.3. The Labute approximate surface area is 495 Å². The predicted octanol–water partition coefficient (Wildman–Crippen LogP) is 3.87. The molecule has 3 aromatic carbocycles. The monoisotopic (exact) mass is 1200 g/mol. The van der Waals surface area contributed by atoms with Crippen molar-refractivity contribution in [2.45, 2.75) is 71.3 Å². The Bertz CT molecular complexity index is 2890. The Morgan fingerprint density at radius 2 is 1.34 bits per heavy atom. The highest BCUT2D eigenvalue weighted by molar-refractivity contribution is 8.00. The second kappa shape index (κ2) is 35.3. The summed E-state index contributed by atoms with van der Waals surface area (Å²) in [5.74, 6) is -7.39. The maximum Gasteiger partial charge on any atom is 0.408 e. The van der Waals surface area contributed by atoms with E-state index in [0.717, 1.165) is 52.6 Å². The fourth-order valence-electron chi connectivity index (χ4n) is 8.68. The van der Waals surface area contributed by atoms with Crippen LogP contribution in [0.4, 0.5) is 13.6 Å². The fraction of sp³-hybridized carbons (Fsp3) is 0.441. The molecule has 1 aliphatic heterocycles. The van der Waals surface area contributed by atoms with Gasteiger partial charge >= 0.3 is 12.1 Å². The largest absolute Gasteiger partial charge is 0.480 e. The molecule has 0 fully saturated rings. The minimum absolute atomic E-state index is 0.00469. The molecule has 8 amide bonds. The number of alkyl carbamates (subject to hydrolysis) is 1. The molecule has 1 aliphatic rings. The molecule has 0 aliphatic carbocycles. The number of thioether (sulfide) groups is 1. The second-order valence-electron chi connectivity index (χ2n) is 20.4. The van der Waals surface area contributed by atoms with Crippen LogP contribution >= 0.6 is 11.8 Å². The Kier molecular flexibility index (Phi) is 28.1. The van der Waals surface area contributed by atoms with E-state index in [4.69, 9.17) is 29.4 Å². The average Bonchev–Trinajstić information content (AvgIpc) is 3.66. The molecule has 23 nitrogen and oxygen atoms in total. The van der Waals surface area contributed by atoms with Gasteiger partial charge in [0.15, 0.2) is 0 Å². The number of nitrogens with one attached hydrogen (secondary N) is 4. The molecule has 2 heterocycles. The summed E-state index contributed by atoms with van der Waals surface area (Å²) in [6.07, 6.45) is 2.33. The second-order valence-corrected chi connectivity index (χ2v) is 21.5. The Balaban J connectivity index is 1.15. The van der Waals surface area contributed by atoms with Crippen molar-refractivity contribution < 1.29 is 80.7 Å². The lowest BCUT2D eigenvalue weighted by Gasteiger charge is -2.41. The third-order valence-corrected chi connectivity index (χ3v) is 13.7. The number of nitrogens with two attached hydrogens (primary N) is 1. The summed E-state index contributed by atoms with van der Waals surface area (Å²) in [5.41, 5.74) is 7.12. The van der Waals surface area contributed by atoms with Crippen LogP contribution in [0.3, 0.4) is 0 Å². The van der Waals surface area contributed by atoms with Crippen LogP contribution in [0.15, 0.2) is 103 Å². The van der Waals surface area contributed by atoms with E-state index >= 15 is 4.39 Å². The molecule has 0 radical (unpaired) electrons. The molecule has 0 spiro atoms. The van der Waals surface area contributed by atoms with Gasteiger partial charge in [-0.25, -0.2) is 18.4 Å². The number of carboxylic acid groups (broad SMARTS) is 1. The van der Waals surface area contributed by atoms with Gasteiger partial charge in [-0.05, 0) is 47.2 Å². The Hall–Kier alpha value is -8.04. The van der Waals surface area contributed by atoms with Gasteiger partial charge in [-0.3, -0.25) is 38.5 Å². The van der Waals surface area contributed by atoms with Crippen LogP contribution in [-0.2, 0) is 75.2 Å². The third kappa shape index (κ3) is 23.9. The first-order valence-corrected chi connectivity index (χ1v) is 28.6. The van der Waals surface area contributed by atoms with Crippen molar-refractivity contribution in [2.75, 3.05) is 90.5 Å². The van der Waals surface area contributed by atoms with E-state index in [1.165, 1.54) is 0 Å². The number of aliphatic carboxylic acids is 1. The fourth-order valence-corrected chi connectivity index (χ4v) is 9.60. The quantitative estimate of drug-likeness (QED) is 0.0274. The van der Waals surface area contributed by atoms with Crippen molar-refractivity contribution in [1.82, 2.24) is 35.6 Å². The highest BCUT2D eigenvalue weighted by atomic mass is 32.2. The number of rotatable bonds is 38. The molecule has 3 atom stereocenters. The lowest BCUT2D eigenvalue weighted by Crippen LogP contribution is -2.49. The van der Waals surface area contributed by atoms with E-state index in [0.29, 0.717) is 16.8 Å². The minimum Gasteiger partial charge on any atom is -0.480 e. The summed E-state index contributed by atoms with van der Waals surface area (Å²) in [4.78, 5) is 116. The van der Waals surface area contributed by atoms with Crippen molar-refractivity contribution >= 4 is 65.2 Å². The SMILES string of the molecule is CC(C)(C)C(c1cc(-c2cc(F)ccc2F)cn1Cc1ccccc1)N(CCCNC(=O)C(CC(N)=O)NC(=O)OCc1ccccc1)C(=O)CSC[C@H](NC(=O)CCOCCOCCOCCOCCNC(=O)CN1C(=O)C=CC1=O)C(=O)O. The molecule has 2 unspecified atom stereocenters. The zero-order valence-electron chi connectivity index (χ0n) is 47.7. The van der Waals surface area contributed by atoms with Crippen LogP contribution in [0.1, 0.15) is 62.9 Å². The molecule has 0 saturated carbocycles. The number of amides is 8. The molecule has 0 bridgehead atoms. The number of hydrogen-bond donors (Lipinski definition) is 6. The van der Waals surface area contributed by atoms with E-state index in [1.54, 1.807) is 47.5 Å². The van der Waals surface area contributed by atoms with Crippen LogP contribution in [-0.4, -0.2) is 176 Å². The van der Waals surface area contributed by atoms with E-state index in [-0.39, 0.29) is 122 Å². The molecular formula is C59H74F2N8O15S. The van der Waals surface area contributed by atoms with Crippen LogP contribution in [0.5, 0.6) is 0 Å². The lowest BCUT2D eigenvalue weighted by atomic mass is 9.83. The number of ether oxygens (including phenoxy) is 5. The molecule has 5 rings (SSSR count). The van der Waals surface area contributed by atoms with E-state index in [9.17, 15) is 52.6 Å². The van der Waals surface area contributed by atoms with Gasteiger partial charge in [0, 0.05) is 73.5 Å². The number of carbonyl (C=O) groups is 9. The van der Waals surface area contributed by atoms with Gasteiger partial charge in [-0.2, -0.15) is 0 Å². The van der Waals surface area contributed by atoms with Gasteiger partial charge in [0.1, 0.15) is 36.9 Å². The number of aromatic nitrogens is 1. The van der Waals surface area contributed by atoms with Crippen LogP contribution in [0, 0.1) is 17.0 Å². The molecule has 85 heavy (non-hydrogen) atoms. The van der Waals surface area contributed by atoms with Crippen molar-refractivity contribution in [3.8, 4) is 11.1 Å². The molecular weight excluding hydrogens is 1130 g/mol. The van der Waals surface area contributed by atoms with Gasteiger partial charge in [0.25, 0.3) is 11.8 Å². The number of carboxylic acids is 1. The van der Waals surface area contributed by atoms with Crippen molar-refractivity contribution in [2.24, 2.45) is 11.1 Å². The summed E-state index contributed by atoms with van der Waals surface area (Å²) in [6.45, 7) is 7.07. The molecule has 1 aromatic heterocycles. The average molecular weight is 1210 g/mol. The van der Waals surface area contributed by atoms with Crippen molar-refractivity contribution in [3.05, 3.63) is 132 Å².